The molecule has 1 N–H and O–H groups in total. The van der Waals surface area contributed by atoms with Crippen molar-refractivity contribution in [3.63, 3.8) is 0 Å². The molecular formula is C15H24NO5-. The van der Waals surface area contributed by atoms with Crippen molar-refractivity contribution in [1.29, 1.82) is 0 Å². The molecule has 1 heterocycles. The Morgan fingerprint density at radius 1 is 1.29 bits per heavy atom. The summed E-state index contributed by atoms with van der Waals surface area (Å²) in [6, 6.07) is 0. The lowest BCUT2D eigenvalue weighted by atomic mass is 9.77. The van der Waals surface area contributed by atoms with Crippen LogP contribution in [-0.2, 0) is 9.53 Å². The lowest BCUT2D eigenvalue weighted by Gasteiger charge is -2.42. The molecule has 1 amide bonds. The summed E-state index contributed by atoms with van der Waals surface area (Å²) in [6.45, 7) is 2.05. The van der Waals surface area contributed by atoms with Crippen LogP contribution in [0.2, 0.25) is 0 Å². The van der Waals surface area contributed by atoms with E-state index in [1.807, 2.05) is 0 Å². The molecule has 2 rings (SSSR count). The van der Waals surface area contributed by atoms with Crippen LogP contribution in [0.3, 0.4) is 0 Å². The first-order valence-electron chi connectivity index (χ1n) is 7.82. The van der Waals surface area contributed by atoms with Crippen LogP contribution in [0.5, 0.6) is 0 Å². The zero-order chi connectivity index (χ0) is 15.5. The fraction of sp³-hybridized carbons (Fsp3) is 0.867. The van der Waals surface area contributed by atoms with Crippen LogP contribution >= 0.6 is 0 Å². The van der Waals surface area contributed by atoms with E-state index in [9.17, 15) is 19.8 Å². The van der Waals surface area contributed by atoms with Gasteiger partial charge in [-0.25, -0.2) is 4.79 Å². The molecule has 2 fully saturated rings. The lowest BCUT2D eigenvalue weighted by molar-refractivity contribution is -0.305. The number of hydrogen-bond acceptors (Lipinski definition) is 5. The van der Waals surface area contributed by atoms with Crippen molar-refractivity contribution in [2.75, 3.05) is 6.54 Å². The molecule has 0 radical (unpaired) electrons. The van der Waals surface area contributed by atoms with E-state index in [2.05, 4.69) is 0 Å². The number of carboxylic acids is 1. The van der Waals surface area contributed by atoms with Gasteiger partial charge in [-0.05, 0) is 51.9 Å². The maximum absolute atomic E-state index is 12.1. The van der Waals surface area contributed by atoms with Crippen LogP contribution in [0.4, 0.5) is 4.79 Å². The second kappa shape index (κ2) is 6.22. The highest BCUT2D eigenvalue weighted by molar-refractivity contribution is 5.72. The third-order valence-electron chi connectivity index (χ3n) is 4.82. The van der Waals surface area contributed by atoms with Gasteiger partial charge in [0.1, 0.15) is 0 Å². The minimum atomic E-state index is -1.28. The van der Waals surface area contributed by atoms with E-state index in [4.69, 9.17) is 4.74 Å². The number of hydrogen-bond donors (Lipinski definition) is 1. The molecule has 0 bridgehead atoms. The van der Waals surface area contributed by atoms with Crippen LogP contribution in [-0.4, -0.2) is 39.9 Å². The number of carbonyl (C=O) groups excluding carboxylic acids is 2. The van der Waals surface area contributed by atoms with Crippen molar-refractivity contribution in [3.05, 3.63) is 0 Å². The molecular weight excluding hydrogens is 274 g/mol. The summed E-state index contributed by atoms with van der Waals surface area (Å²) in [6.07, 6.45) is 5.87. The molecule has 1 aliphatic heterocycles. The van der Waals surface area contributed by atoms with Gasteiger partial charge in [-0.3, -0.25) is 4.90 Å². The van der Waals surface area contributed by atoms with Gasteiger partial charge in [0.05, 0.1) is 0 Å². The Morgan fingerprint density at radius 3 is 2.57 bits per heavy atom. The Balaban J connectivity index is 1.90. The smallest absolute Gasteiger partial charge is 0.412 e. The van der Waals surface area contributed by atoms with Gasteiger partial charge in [-0.2, -0.15) is 0 Å². The Morgan fingerprint density at radius 2 is 1.95 bits per heavy atom. The first-order valence-corrected chi connectivity index (χ1v) is 7.82. The number of carboxylic acid groups (broad SMARTS) is 1. The molecule has 0 aromatic carbocycles. The Kier molecular flexibility index (Phi) is 4.76. The zero-order valence-corrected chi connectivity index (χ0v) is 12.6. The van der Waals surface area contributed by atoms with Gasteiger partial charge in [-0.1, -0.05) is 12.8 Å². The highest BCUT2D eigenvalue weighted by Gasteiger charge is 2.61. The third kappa shape index (κ3) is 3.15. The molecule has 0 aromatic rings. The van der Waals surface area contributed by atoms with E-state index in [1.165, 1.54) is 4.90 Å². The molecule has 1 aliphatic carbocycles. The molecule has 0 aromatic heterocycles. The molecule has 1 saturated carbocycles. The summed E-state index contributed by atoms with van der Waals surface area (Å²) in [5, 5.41) is 21.2. The maximum Gasteiger partial charge on any atom is 0.412 e. The summed E-state index contributed by atoms with van der Waals surface area (Å²) in [7, 11) is 0. The summed E-state index contributed by atoms with van der Waals surface area (Å²) >= 11 is 0. The van der Waals surface area contributed by atoms with Crippen molar-refractivity contribution in [2.24, 2.45) is 0 Å². The van der Waals surface area contributed by atoms with Gasteiger partial charge < -0.3 is 19.7 Å². The Hall–Kier alpha value is -1.30. The van der Waals surface area contributed by atoms with Gasteiger partial charge >= 0.3 is 6.09 Å². The molecule has 1 spiro atoms. The predicted molar refractivity (Wildman–Crippen MR) is 73.1 cm³/mol. The minimum Gasteiger partial charge on any atom is -0.550 e. The quantitative estimate of drug-likeness (QED) is 0.743. The van der Waals surface area contributed by atoms with Gasteiger partial charge in [0.15, 0.2) is 11.3 Å². The number of rotatable bonds is 6. The minimum absolute atomic E-state index is 0.0325. The number of aliphatic hydroxyl groups is 1. The molecule has 6 heteroatoms. The van der Waals surface area contributed by atoms with Crippen LogP contribution in [0.1, 0.15) is 64.7 Å². The molecule has 2 aliphatic rings. The Bertz CT molecular complexity index is 401. The van der Waals surface area contributed by atoms with Crippen molar-refractivity contribution < 1.29 is 24.5 Å². The van der Waals surface area contributed by atoms with Gasteiger partial charge in [0.2, 0.25) is 0 Å². The second-order valence-electron chi connectivity index (χ2n) is 6.28. The standard InChI is InChI=1S/C15H25NO5/c1-14(20)15(9-5-3-6-10-15)21-13(19)16(14)11-7-2-4-8-12(17)18/h20H,2-11H2,1H3,(H,17,18)/p-1/t14-/m0/s1. The highest BCUT2D eigenvalue weighted by atomic mass is 16.6. The average molecular weight is 298 g/mol. The lowest BCUT2D eigenvalue weighted by Crippen LogP contribution is -2.57. The molecule has 0 unspecified atom stereocenters. The normalized spacial score (nSPS) is 27.9. The van der Waals surface area contributed by atoms with Gasteiger partial charge in [-0.15, -0.1) is 0 Å². The number of carbonyl (C=O) groups is 2. The number of amides is 1. The topological polar surface area (TPSA) is 89.9 Å². The molecule has 21 heavy (non-hydrogen) atoms. The van der Waals surface area contributed by atoms with Crippen molar-refractivity contribution >= 4 is 12.1 Å². The van der Waals surface area contributed by atoms with Crippen LogP contribution in [0.15, 0.2) is 0 Å². The Labute approximate surface area is 125 Å². The summed E-state index contributed by atoms with van der Waals surface area (Å²) < 4.78 is 5.55. The first-order chi connectivity index (χ1) is 9.89. The SMILES string of the molecule is C[C@@]1(O)N(CCCCCC(=O)[O-])C(=O)OC12CCCCC2. The molecule has 1 saturated heterocycles. The predicted octanol–water partition coefficient (Wildman–Crippen LogP) is 1.16. The van der Waals surface area contributed by atoms with Crippen molar-refractivity contribution in [1.82, 2.24) is 4.90 Å². The summed E-state index contributed by atoms with van der Waals surface area (Å²) in [5.74, 6) is -1.05. The van der Waals surface area contributed by atoms with Crippen molar-refractivity contribution in [2.45, 2.75) is 76.0 Å². The van der Waals surface area contributed by atoms with Gasteiger partial charge in [0, 0.05) is 12.5 Å². The third-order valence-corrected chi connectivity index (χ3v) is 4.82. The monoisotopic (exact) mass is 298 g/mol. The zero-order valence-electron chi connectivity index (χ0n) is 12.6. The number of nitrogens with zero attached hydrogens (tertiary/aromatic N) is 1. The van der Waals surface area contributed by atoms with Crippen LogP contribution < -0.4 is 5.11 Å². The number of unbranched alkanes of at least 4 members (excludes halogenated alkanes) is 2. The van der Waals surface area contributed by atoms with E-state index >= 15 is 0 Å². The highest BCUT2D eigenvalue weighted by Crippen LogP contribution is 2.46. The summed E-state index contributed by atoms with van der Waals surface area (Å²) in [5.41, 5.74) is -2.05. The maximum atomic E-state index is 12.1. The molecule has 1 atom stereocenters. The molecule has 6 nitrogen and oxygen atoms in total. The fourth-order valence-electron chi connectivity index (χ4n) is 3.47. The van der Waals surface area contributed by atoms with E-state index in [-0.39, 0.29) is 6.42 Å². The van der Waals surface area contributed by atoms with Crippen LogP contribution in [0.25, 0.3) is 0 Å². The second-order valence-corrected chi connectivity index (χ2v) is 6.28. The summed E-state index contributed by atoms with van der Waals surface area (Å²) in [4.78, 5) is 23.8. The van der Waals surface area contributed by atoms with E-state index < -0.39 is 23.4 Å². The van der Waals surface area contributed by atoms with Crippen LogP contribution in [0, 0.1) is 0 Å². The number of ether oxygens (including phenoxy) is 1. The first kappa shape index (κ1) is 16.1. The fourth-order valence-corrected chi connectivity index (χ4v) is 3.47. The van der Waals surface area contributed by atoms with E-state index in [0.717, 1.165) is 19.3 Å². The largest absolute Gasteiger partial charge is 0.550 e. The van der Waals surface area contributed by atoms with E-state index in [1.54, 1.807) is 6.92 Å². The molecule has 120 valence electrons. The van der Waals surface area contributed by atoms with Gasteiger partial charge in [0.25, 0.3) is 0 Å². The average Bonchev–Trinajstić information content (AvgIpc) is 2.58. The number of aliphatic carboxylic acids is 1. The van der Waals surface area contributed by atoms with Crippen molar-refractivity contribution in [3.8, 4) is 0 Å². The van der Waals surface area contributed by atoms with E-state index in [0.29, 0.717) is 38.6 Å².